The van der Waals surface area contributed by atoms with Crippen LogP contribution in [0.1, 0.15) is 52.0 Å². The first-order valence-corrected chi connectivity index (χ1v) is 7.81. The van der Waals surface area contributed by atoms with Gasteiger partial charge in [0.05, 0.1) is 7.11 Å². The molecule has 2 heteroatoms. The first kappa shape index (κ1) is 15.4. The average Bonchev–Trinajstić information content (AvgIpc) is 2.85. The molecule has 20 heavy (non-hydrogen) atoms. The molecule has 1 saturated carbocycles. The smallest absolute Gasteiger partial charge is 0.119 e. The highest BCUT2D eigenvalue weighted by Crippen LogP contribution is 2.41. The fraction of sp³-hybridized carbons (Fsp3) is 0.667. The van der Waals surface area contributed by atoms with Crippen molar-refractivity contribution in [2.75, 3.05) is 13.7 Å². The highest BCUT2D eigenvalue weighted by atomic mass is 16.5. The molecule has 1 aliphatic rings. The van der Waals surface area contributed by atoms with E-state index in [0.29, 0.717) is 5.41 Å². The van der Waals surface area contributed by atoms with E-state index in [9.17, 15) is 0 Å². The maximum absolute atomic E-state index is 5.35. The van der Waals surface area contributed by atoms with Crippen LogP contribution < -0.4 is 10.1 Å². The van der Waals surface area contributed by atoms with Gasteiger partial charge in [0.2, 0.25) is 0 Å². The van der Waals surface area contributed by atoms with E-state index in [0.717, 1.165) is 18.7 Å². The fourth-order valence-corrected chi connectivity index (χ4v) is 3.21. The Balaban J connectivity index is 2.08. The van der Waals surface area contributed by atoms with Crippen LogP contribution in [0.4, 0.5) is 0 Å². The highest BCUT2D eigenvalue weighted by molar-refractivity contribution is 5.29. The summed E-state index contributed by atoms with van der Waals surface area (Å²) in [6.45, 7) is 7.87. The Morgan fingerprint density at radius 3 is 2.50 bits per heavy atom. The Bertz CT molecular complexity index is 427. The molecule has 0 atom stereocenters. The molecule has 0 bridgehead atoms. The fourth-order valence-electron chi connectivity index (χ4n) is 3.21. The lowest BCUT2D eigenvalue weighted by Crippen LogP contribution is -2.43. The number of hydrogen-bond acceptors (Lipinski definition) is 2. The van der Waals surface area contributed by atoms with Gasteiger partial charge in [-0.3, -0.25) is 0 Å². The third-order valence-corrected chi connectivity index (χ3v) is 4.37. The van der Waals surface area contributed by atoms with Crippen molar-refractivity contribution in [1.82, 2.24) is 5.32 Å². The molecule has 0 saturated heterocycles. The number of rotatable bonds is 5. The standard InChI is InChI=1S/C18H29NO/c1-17(2,3)19-14-18(10-5-6-11-18)13-15-8-7-9-16(12-15)20-4/h7-9,12,19H,5-6,10-11,13-14H2,1-4H3. The van der Waals surface area contributed by atoms with Crippen LogP contribution in [-0.4, -0.2) is 19.2 Å². The number of nitrogens with one attached hydrogen (secondary N) is 1. The molecular formula is C18H29NO. The lowest BCUT2D eigenvalue weighted by molar-refractivity contribution is 0.244. The van der Waals surface area contributed by atoms with E-state index < -0.39 is 0 Å². The van der Waals surface area contributed by atoms with Gasteiger partial charge in [0, 0.05) is 12.1 Å². The van der Waals surface area contributed by atoms with Gasteiger partial charge in [-0.15, -0.1) is 0 Å². The van der Waals surface area contributed by atoms with Gasteiger partial charge in [0.1, 0.15) is 5.75 Å². The topological polar surface area (TPSA) is 21.3 Å². The van der Waals surface area contributed by atoms with Crippen molar-refractivity contribution in [2.24, 2.45) is 5.41 Å². The third-order valence-electron chi connectivity index (χ3n) is 4.37. The summed E-state index contributed by atoms with van der Waals surface area (Å²) in [5, 5.41) is 3.72. The van der Waals surface area contributed by atoms with Crippen LogP contribution in [0.5, 0.6) is 5.75 Å². The molecule has 1 fully saturated rings. The zero-order valence-corrected chi connectivity index (χ0v) is 13.5. The van der Waals surface area contributed by atoms with E-state index in [4.69, 9.17) is 4.74 Å². The minimum absolute atomic E-state index is 0.198. The van der Waals surface area contributed by atoms with Gasteiger partial charge in [0.15, 0.2) is 0 Å². The van der Waals surface area contributed by atoms with Crippen molar-refractivity contribution in [2.45, 2.75) is 58.4 Å². The summed E-state index contributed by atoms with van der Waals surface area (Å²) < 4.78 is 5.35. The van der Waals surface area contributed by atoms with Crippen LogP contribution in [0.15, 0.2) is 24.3 Å². The first-order chi connectivity index (χ1) is 9.42. The predicted octanol–water partition coefficient (Wildman–Crippen LogP) is 4.19. The molecule has 0 spiro atoms. The maximum Gasteiger partial charge on any atom is 0.119 e. The quantitative estimate of drug-likeness (QED) is 0.870. The summed E-state index contributed by atoms with van der Waals surface area (Å²) in [5.41, 5.74) is 2.03. The lowest BCUT2D eigenvalue weighted by atomic mass is 9.79. The van der Waals surface area contributed by atoms with Gasteiger partial charge in [-0.05, 0) is 63.1 Å². The van der Waals surface area contributed by atoms with Crippen LogP contribution in [-0.2, 0) is 6.42 Å². The van der Waals surface area contributed by atoms with Crippen molar-refractivity contribution in [3.63, 3.8) is 0 Å². The van der Waals surface area contributed by atoms with Crippen molar-refractivity contribution in [1.29, 1.82) is 0 Å². The van der Waals surface area contributed by atoms with Gasteiger partial charge in [-0.25, -0.2) is 0 Å². The molecule has 0 radical (unpaired) electrons. The molecule has 112 valence electrons. The number of hydrogen-bond donors (Lipinski definition) is 1. The second kappa shape index (κ2) is 6.17. The predicted molar refractivity (Wildman–Crippen MR) is 85.4 cm³/mol. The molecule has 2 nitrogen and oxygen atoms in total. The second-order valence-corrected chi connectivity index (χ2v) is 7.34. The van der Waals surface area contributed by atoms with Crippen LogP contribution in [0.2, 0.25) is 0 Å². The SMILES string of the molecule is COc1cccc(CC2(CNC(C)(C)C)CCCC2)c1. The molecule has 0 unspecified atom stereocenters. The van der Waals surface area contributed by atoms with Crippen molar-refractivity contribution < 1.29 is 4.74 Å². The van der Waals surface area contributed by atoms with Gasteiger partial charge < -0.3 is 10.1 Å². The Labute approximate surface area is 123 Å². The molecule has 1 aromatic rings. The molecule has 2 rings (SSSR count). The molecule has 1 aromatic carbocycles. The van der Waals surface area contributed by atoms with Crippen LogP contribution in [0.3, 0.4) is 0 Å². The minimum atomic E-state index is 0.198. The first-order valence-electron chi connectivity index (χ1n) is 7.81. The van der Waals surface area contributed by atoms with E-state index in [1.807, 2.05) is 6.07 Å². The molecular weight excluding hydrogens is 246 g/mol. The van der Waals surface area contributed by atoms with Gasteiger partial charge in [-0.2, -0.15) is 0 Å². The lowest BCUT2D eigenvalue weighted by Gasteiger charge is -2.33. The van der Waals surface area contributed by atoms with Crippen LogP contribution >= 0.6 is 0 Å². The summed E-state index contributed by atoms with van der Waals surface area (Å²) in [6, 6.07) is 8.56. The van der Waals surface area contributed by atoms with Gasteiger partial charge >= 0.3 is 0 Å². The van der Waals surface area contributed by atoms with Crippen molar-refractivity contribution in [3.8, 4) is 5.75 Å². The Morgan fingerprint density at radius 1 is 1.20 bits per heavy atom. The average molecular weight is 275 g/mol. The zero-order chi connectivity index (χ0) is 14.6. The summed E-state index contributed by atoms with van der Waals surface area (Å²) >= 11 is 0. The Hall–Kier alpha value is -1.02. The molecule has 1 aliphatic carbocycles. The highest BCUT2D eigenvalue weighted by Gasteiger charge is 2.34. The van der Waals surface area contributed by atoms with Crippen molar-refractivity contribution >= 4 is 0 Å². The van der Waals surface area contributed by atoms with E-state index >= 15 is 0 Å². The number of ether oxygens (including phenoxy) is 1. The Morgan fingerprint density at radius 2 is 1.90 bits per heavy atom. The monoisotopic (exact) mass is 275 g/mol. The summed E-state index contributed by atoms with van der Waals surface area (Å²) in [7, 11) is 1.74. The normalized spacial score (nSPS) is 18.2. The summed E-state index contributed by atoms with van der Waals surface area (Å²) in [4.78, 5) is 0. The number of methoxy groups -OCH3 is 1. The molecule has 0 heterocycles. The molecule has 0 amide bonds. The van der Waals surface area contributed by atoms with E-state index in [1.54, 1.807) is 7.11 Å². The largest absolute Gasteiger partial charge is 0.497 e. The molecule has 1 N–H and O–H groups in total. The van der Waals surface area contributed by atoms with Gasteiger partial charge in [-0.1, -0.05) is 25.0 Å². The van der Waals surface area contributed by atoms with Crippen LogP contribution in [0, 0.1) is 5.41 Å². The van der Waals surface area contributed by atoms with E-state index in [-0.39, 0.29) is 5.54 Å². The van der Waals surface area contributed by atoms with Crippen LogP contribution in [0.25, 0.3) is 0 Å². The van der Waals surface area contributed by atoms with E-state index in [1.165, 1.54) is 31.2 Å². The summed E-state index contributed by atoms with van der Waals surface area (Å²) in [6.07, 6.45) is 6.58. The zero-order valence-electron chi connectivity index (χ0n) is 13.5. The number of benzene rings is 1. The third kappa shape index (κ3) is 4.24. The second-order valence-electron chi connectivity index (χ2n) is 7.34. The summed E-state index contributed by atoms with van der Waals surface area (Å²) in [5.74, 6) is 0.972. The van der Waals surface area contributed by atoms with E-state index in [2.05, 4.69) is 44.3 Å². The maximum atomic E-state index is 5.35. The van der Waals surface area contributed by atoms with Gasteiger partial charge in [0.25, 0.3) is 0 Å². The van der Waals surface area contributed by atoms with Crippen molar-refractivity contribution in [3.05, 3.63) is 29.8 Å². The Kier molecular flexibility index (Phi) is 4.74. The minimum Gasteiger partial charge on any atom is -0.497 e. The molecule has 0 aliphatic heterocycles. The molecule has 0 aromatic heterocycles.